The number of alkyl halides is 3. The van der Waals surface area contributed by atoms with Crippen molar-refractivity contribution in [2.75, 3.05) is 24.7 Å². The number of anilines is 2. The van der Waals surface area contributed by atoms with Crippen molar-refractivity contribution in [2.45, 2.75) is 64.8 Å². The predicted molar refractivity (Wildman–Crippen MR) is 133 cm³/mol. The van der Waals surface area contributed by atoms with Gasteiger partial charge in [-0.1, -0.05) is 0 Å². The number of likely N-dealkylation sites (tertiary alicyclic amines) is 1. The molecule has 10 heteroatoms. The van der Waals surface area contributed by atoms with E-state index in [4.69, 9.17) is 10.5 Å². The number of nitrogens with one attached hydrogen (secondary N) is 1. The number of hydrogen-bond donors (Lipinski definition) is 2. The lowest BCUT2D eigenvalue weighted by atomic mass is 10.0. The monoisotopic (exact) mass is 505 g/mol. The van der Waals surface area contributed by atoms with E-state index in [-0.39, 0.29) is 11.3 Å². The molecule has 1 fully saturated rings. The number of nitrogen functional groups attached to an aromatic ring is 1. The van der Waals surface area contributed by atoms with Crippen LogP contribution in [0.2, 0.25) is 0 Å². The summed E-state index contributed by atoms with van der Waals surface area (Å²) in [7, 11) is 2.10. The lowest BCUT2D eigenvalue weighted by molar-refractivity contribution is -0.140. The number of benzene rings is 2. The number of halogens is 4. The van der Waals surface area contributed by atoms with Crippen LogP contribution in [0.15, 0.2) is 24.3 Å². The summed E-state index contributed by atoms with van der Waals surface area (Å²) in [5, 5.41) is 3.69. The summed E-state index contributed by atoms with van der Waals surface area (Å²) in [6, 6.07) is 5.49. The van der Waals surface area contributed by atoms with Crippen molar-refractivity contribution in [2.24, 2.45) is 0 Å². The van der Waals surface area contributed by atoms with Crippen molar-refractivity contribution in [3.05, 3.63) is 52.6 Å². The fourth-order valence-corrected chi connectivity index (χ4v) is 4.70. The number of nitrogens with two attached hydrogens (primary N) is 1. The van der Waals surface area contributed by atoms with Gasteiger partial charge >= 0.3 is 6.18 Å². The van der Waals surface area contributed by atoms with Gasteiger partial charge in [-0.05, 0) is 77.4 Å². The molecule has 36 heavy (non-hydrogen) atoms. The molecule has 0 aliphatic carbocycles. The van der Waals surface area contributed by atoms with Crippen LogP contribution in [-0.4, -0.2) is 40.6 Å². The number of aromatic nitrogens is 2. The number of rotatable bonds is 6. The highest BCUT2D eigenvalue weighted by molar-refractivity contribution is 5.91. The maximum atomic E-state index is 14.8. The number of fused-ring (bicyclic) bond motifs is 1. The van der Waals surface area contributed by atoms with Crippen molar-refractivity contribution >= 4 is 22.4 Å². The Bertz CT molecular complexity index is 1280. The Morgan fingerprint density at radius 3 is 2.53 bits per heavy atom. The van der Waals surface area contributed by atoms with Crippen molar-refractivity contribution in [1.29, 1.82) is 0 Å². The molecule has 1 aliphatic heterocycles. The Morgan fingerprint density at radius 2 is 1.89 bits per heavy atom. The van der Waals surface area contributed by atoms with Gasteiger partial charge < -0.3 is 15.8 Å². The van der Waals surface area contributed by atoms with Crippen molar-refractivity contribution in [3.63, 3.8) is 0 Å². The Kier molecular flexibility index (Phi) is 7.01. The largest absolute Gasteiger partial charge is 0.492 e. The molecule has 2 aromatic carbocycles. The van der Waals surface area contributed by atoms with Crippen LogP contribution >= 0.6 is 0 Å². The van der Waals surface area contributed by atoms with Crippen LogP contribution in [-0.2, 0) is 6.18 Å². The first-order valence-electron chi connectivity index (χ1n) is 11.9. The Hall–Kier alpha value is -3.14. The second-order valence-corrected chi connectivity index (χ2v) is 9.65. The molecule has 3 N–H and O–H groups in total. The molecule has 6 nitrogen and oxygen atoms in total. The fraction of sp³-hybridized carbons (Fsp3) is 0.462. The summed E-state index contributed by atoms with van der Waals surface area (Å²) in [5.41, 5.74) is 5.46. The quantitative estimate of drug-likeness (QED) is 0.315. The SMILES string of the molecule is Cc1nc(N[C@H](C)c2cc(N)cc(C(F)(F)F)c2F)c2cc(OC[C@@H]3CC[C@H](C)N3C)c(C)cc2n1. The second kappa shape index (κ2) is 9.72. The molecule has 4 rings (SSSR count). The van der Waals surface area contributed by atoms with Gasteiger partial charge in [-0.2, -0.15) is 13.2 Å². The van der Waals surface area contributed by atoms with Gasteiger partial charge in [0.25, 0.3) is 0 Å². The van der Waals surface area contributed by atoms with Crippen molar-refractivity contribution in [1.82, 2.24) is 14.9 Å². The van der Waals surface area contributed by atoms with Crippen LogP contribution in [0.1, 0.15) is 55.2 Å². The second-order valence-electron chi connectivity index (χ2n) is 9.65. The van der Waals surface area contributed by atoms with Crippen LogP contribution in [0.3, 0.4) is 0 Å². The lowest BCUT2D eigenvalue weighted by Gasteiger charge is -2.24. The highest BCUT2D eigenvalue weighted by atomic mass is 19.4. The maximum Gasteiger partial charge on any atom is 0.419 e. The number of likely N-dealkylation sites (N-methyl/N-ethyl adjacent to an activating group) is 1. The van der Waals surface area contributed by atoms with E-state index in [9.17, 15) is 17.6 Å². The molecule has 0 saturated carbocycles. The summed E-state index contributed by atoms with van der Waals surface area (Å²) in [6.07, 6.45) is -2.68. The molecule has 1 aliphatic rings. The molecular formula is C26H31F4N5O. The van der Waals surface area contributed by atoms with Crippen LogP contribution in [0, 0.1) is 19.7 Å². The first kappa shape index (κ1) is 25.9. The average molecular weight is 506 g/mol. The van der Waals surface area contributed by atoms with Gasteiger partial charge in [0.1, 0.15) is 29.8 Å². The molecule has 3 aromatic rings. The third-order valence-corrected chi connectivity index (χ3v) is 6.97. The summed E-state index contributed by atoms with van der Waals surface area (Å²) in [5.74, 6) is 0.155. The van der Waals surface area contributed by atoms with Gasteiger partial charge in [0.15, 0.2) is 0 Å². The van der Waals surface area contributed by atoms with E-state index in [1.54, 1.807) is 13.8 Å². The average Bonchev–Trinajstić information content (AvgIpc) is 3.10. The summed E-state index contributed by atoms with van der Waals surface area (Å²) >= 11 is 0. The predicted octanol–water partition coefficient (Wildman–Crippen LogP) is 6.02. The van der Waals surface area contributed by atoms with E-state index in [2.05, 4.69) is 34.2 Å². The molecule has 0 bridgehead atoms. The van der Waals surface area contributed by atoms with Crippen LogP contribution < -0.4 is 15.8 Å². The highest BCUT2D eigenvalue weighted by Crippen LogP contribution is 2.37. The normalized spacial score (nSPS) is 19.6. The Morgan fingerprint density at radius 1 is 1.17 bits per heavy atom. The standard InChI is InChI=1S/C26H31F4N5O/c1-13-8-22-20(11-23(13)36-12-18-7-6-14(2)35(18)5)25(34-16(4)33-22)32-15(3)19-9-17(31)10-21(24(19)27)26(28,29)30/h8-11,14-15,18H,6-7,12,31H2,1-5H3,(H,32,33,34)/t14-,15+,18-/m0/s1. The van der Waals surface area contributed by atoms with Crippen molar-refractivity contribution in [3.8, 4) is 5.75 Å². The minimum atomic E-state index is -4.86. The van der Waals surface area contributed by atoms with E-state index in [1.165, 1.54) is 6.07 Å². The zero-order valence-electron chi connectivity index (χ0n) is 21.0. The van der Waals surface area contributed by atoms with Crippen LogP contribution in [0.4, 0.5) is 29.1 Å². The first-order valence-corrected chi connectivity index (χ1v) is 11.9. The summed E-state index contributed by atoms with van der Waals surface area (Å²) < 4.78 is 61.0. The molecule has 0 unspecified atom stereocenters. The third-order valence-electron chi connectivity index (χ3n) is 6.97. The van der Waals surface area contributed by atoms with E-state index in [0.717, 1.165) is 18.4 Å². The molecule has 2 heterocycles. The number of nitrogens with zero attached hydrogens (tertiary/aromatic N) is 3. The number of hydrogen-bond acceptors (Lipinski definition) is 6. The smallest absolute Gasteiger partial charge is 0.419 e. The fourth-order valence-electron chi connectivity index (χ4n) is 4.70. The number of ether oxygens (including phenoxy) is 1. The topological polar surface area (TPSA) is 76.3 Å². The van der Waals surface area contributed by atoms with Gasteiger partial charge in [0, 0.05) is 28.7 Å². The molecule has 0 spiro atoms. The van der Waals surface area contributed by atoms with E-state index >= 15 is 0 Å². The zero-order chi connectivity index (χ0) is 26.4. The first-order chi connectivity index (χ1) is 16.8. The Labute approximate surface area is 207 Å². The number of aryl methyl sites for hydroxylation is 2. The molecular weight excluding hydrogens is 474 g/mol. The molecule has 0 amide bonds. The van der Waals surface area contributed by atoms with E-state index in [0.29, 0.717) is 53.1 Å². The molecule has 0 radical (unpaired) electrons. The Balaban J connectivity index is 1.66. The molecule has 3 atom stereocenters. The van der Waals surface area contributed by atoms with Gasteiger partial charge in [0.05, 0.1) is 17.1 Å². The van der Waals surface area contributed by atoms with Gasteiger partial charge in [-0.15, -0.1) is 0 Å². The van der Waals surface area contributed by atoms with Gasteiger partial charge in [-0.3, -0.25) is 4.90 Å². The molecule has 1 aromatic heterocycles. The molecule has 1 saturated heterocycles. The minimum absolute atomic E-state index is 0.173. The van der Waals surface area contributed by atoms with Crippen LogP contribution in [0.25, 0.3) is 10.9 Å². The summed E-state index contributed by atoms with van der Waals surface area (Å²) in [4.78, 5) is 11.3. The third kappa shape index (κ3) is 5.18. The lowest BCUT2D eigenvalue weighted by Crippen LogP contribution is -2.34. The highest BCUT2D eigenvalue weighted by Gasteiger charge is 2.36. The summed E-state index contributed by atoms with van der Waals surface area (Å²) in [6.45, 7) is 7.94. The van der Waals surface area contributed by atoms with Gasteiger partial charge in [0.2, 0.25) is 0 Å². The van der Waals surface area contributed by atoms with E-state index < -0.39 is 23.6 Å². The van der Waals surface area contributed by atoms with Crippen LogP contribution in [0.5, 0.6) is 5.75 Å². The minimum Gasteiger partial charge on any atom is -0.492 e. The maximum absolute atomic E-state index is 14.8. The van der Waals surface area contributed by atoms with E-state index in [1.807, 2.05) is 19.1 Å². The van der Waals surface area contributed by atoms with Gasteiger partial charge in [-0.25, -0.2) is 14.4 Å². The zero-order valence-corrected chi connectivity index (χ0v) is 21.0. The molecule has 194 valence electrons. The van der Waals surface area contributed by atoms with Crippen molar-refractivity contribution < 1.29 is 22.3 Å².